The minimum Gasteiger partial charge on any atom is -0.301 e. The highest BCUT2D eigenvalue weighted by atomic mass is 16.1. The standard InChI is InChI=1S/C19H28N4O/c1-2-22-17-9-6-11-20-18(17)23(19(22)24)16-10-12-21(14-16)13-15-7-4-3-5-8-15/h6,9,11,15-16H,2-5,7-8,10,12-14H2,1H3/t16-/m1/s1. The van der Waals surface area contributed by atoms with Crippen LogP contribution in [0.4, 0.5) is 0 Å². The molecule has 2 aromatic heterocycles. The molecule has 1 saturated heterocycles. The molecule has 0 N–H and O–H groups in total. The first-order valence-electron chi connectivity index (χ1n) is 9.56. The Morgan fingerprint density at radius 3 is 2.83 bits per heavy atom. The van der Waals surface area contributed by atoms with Gasteiger partial charge in [0.15, 0.2) is 5.65 Å². The molecule has 0 radical (unpaired) electrons. The minimum absolute atomic E-state index is 0.107. The van der Waals surface area contributed by atoms with Crippen LogP contribution >= 0.6 is 0 Å². The van der Waals surface area contributed by atoms with Crippen molar-refractivity contribution < 1.29 is 0 Å². The van der Waals surface area contributed by atoms with Crippen LogP contribution in [0.15, 0.2) is 23.1 Å². The highest BCUT2D eigenvalue weighted by Crippen LogP contribution is 2.29. The summed E-state index contributed by atoms with van der Waals surface area (Å²) in [6, 6.07) is 4.20. The number of rotatable bonds is 4. The second kappa shape index (κ2) is 6.71. The zero-order chi connectivity index (χ0) is 16.5. The Kier molecular flexibility index (Phi) is 4.44. The van der Waals surface area contributed by atoms with Gasteiger partial charge in [-0.1, -0.05) is 19.3 Å². The van der Waals surface area contributed by atoms with Gasteiger partial charge in [-0.25, -0.2) is 9.78 Å². The van der Waals surface area contributed by atoms with E-state index in [-0.39, 0.29) is 11.7 Å². The van der Waals surface area contributed by atoms with Gasteiger partial charge in [0, 0.05) is 32.4 Å². The maximum Gasteiger partial charge on any atom is 0.330 e. The molecule has 4 rings (SSSR count). The van der Waals surface area contributed by atoms with Gasteiger partial charge in [-0.15, -0.1) is 0 Å². The van der Waals surface area contributed by atoms with Crippen LogP contribution < -0.4 is 5.69 Å². The van der Waals surface area contributed by atoms with Gasteiger partial charge >= 0.3 is 5.69 Å². The Bertz CT molecular complexity index is 756. The Morgan fingerprint density at radius 2 is 2.04 bits per heavy atom. The Labute approximate surface area is 143 Å². The monoisotopic (exact) mass is 328 g/mol. The molecule has 0 amide bonds. The fourth-order valence-corrected chi connectivity index (χ4v) is 4.67. The van der Waals surface area contributed by atoms with Crippen molar-refractivity contribution in [2.24, 2.45) is 5.92 Å². The molecule has 0 spiro atoms. The molecule has 1 aliphatic heterocycles. The Balaban J connectivity index is 1.56. The van der Waals surface area contributed by atoms with Gasteiger partial charge in [0.1, 0.15) is 0 Å². The molecule has 0 aromatic carbocycles. The molecule has 1 atom stereocenters. The van der Waals surface area contributed by atoms with Crippen molar-refractivity contribution in [2.45, 2.75) is 58.0 Å². The van der Waals surface area contributed by atoms with Crippen molar-refractivity contribution in [2.75, 3.05) is 19.6 Å². The lowest BCUT2D eigenvalue weighted by Gasteiger charge is -2.26. The average Bonchev–Trinajstić information content (AvgIpc) is 3.17. The predicted octanol–water partition coefficient (Wildman–Crippen LogP) is 3.05. The number of likely N-dealkylation sites (tertiary alicyclic amines) is 1. The molecular weight excluding hydrogens is 300 g/mol. The fourth-order valence-electron chi connectivity index (χ4n) is 4.67. The maximum atomic E-state index is 12.9. The van der Waals surface area contributed by atoms with E-state index >= 15 is 0 Å². The van der Waals surface area contributed by atoms with Crippen LogP contribution in [-0.2, 0) is 6.54 Å². The van der Waals surface area contributed by atoms with Gasteiger partial charge in [0.25, 0.3) is 0 Å². The van der Waals surface area contributed by atoms with Crippen LogP contribution in [-0.4, -0.2) is 38.7 Å². The Hall–Kier alpha value is -1.62. The number of aryl methyl sites for hydroxylation is 1. The first-order chi connectivity index (χ1) is 11.8. The number of hydrogen-bond donors (Lipinski definition) is 0. The number of pyridine rings is 1. The topological polar surface area (TPSA) is 43.1 Å². The number of fused-ring (bicyclic) bond motifs is 1. The molecule has 2 aliphatic rings. The molecule has 130 valence electrons. The van der Waals surface area contributed by atoms with E-state index in [1.807, 2.05) is 28.2 Å². The summed E-state index contributed by atoms with van der Waals surface area (Å²) in [6.07, 6.45) is 9.84. The minimum atomic E-state index is 0.107. The number of imidazole rings is 1. The third-order valence-electron chi connectivity index (χ3n) is 5.89. The summed E-state index contributed by atoms with van der Waals surface area (Å²) in [5.74, 6) is 0.865. The van der Waals surface area contributed by atoms with E-state index in [2.05, 4.69) is 9.88 Å². The molecule has 2 fully saturated rings. The largest absolute Gasteiger partial charge is 0.330 e. The van der Waals surface area contributed by atoms with Crippen molar-refractivity contribution in [3.05, 3.63) is 28.8 Å². The summed E-state index contributed by atoms with van der Waals surface area (Å²) < 4.78 is 3.81. The van der Waals surface area contributed by atoms with Gasteiger partial charge in [0.05, 0.1) is 11.6 Å². The van der Waals surface area contributed by atoms with Crippen LogP contribution in [0, 0.1) is 5.92 Å². The first kappa shape index (κ1) is 15.9. The summed E-state index contributed by atoms with van der Waals surface area (Å²) >= 11 is 0. The zero-order valence-corrected chi connectivity index (χ0v) is 14.7. The van der Waals surface area contributed by atoms with Crippen LogP contribution in [0.1, 0.15) is 51.5 Å². The molecule has 0 bridgehead atoms. The van der Waals surface area contributed by atoms with Gasteiger partial charge < -0.3 is 4.90 Å². The quantitative estimate of drug-likeness (QED) is 0.866. The summed E-state index contributed by atoms with van der Waals surface area (Å²) in [4.78, 5) is 20.0. The van der Waals surface area contributed by atoms with Crippen molar-refractivity contribution in [1.82, 2.24) is 19.0 Å². The lowest BCUT2D eigenvalue weighted by atomic mass is 9.89. The van der Waals surface area contributed by atoms with Crippen molar-refractivity contribution >= 4 is 11.2 Å². The molecule has 5 nitrogen and oxygen atoms in total. The van der Waals surface area contributed by atoms with E-state index in [9.17, 15) is 4.79 Å². The second-order valence-corrected chi connectivity index (χ2v) is 7.45. The maximum absolute atomic E-state index is 12.9. The van der Waals surface area contributed by atoms with E-state index in [1.165, 1.54) is 38.6 Å². The van der Waals surface area contributed by atoms with E-state index in [0.29, 0.717) is 6.54 Å². The number of nitrogens with zero attached hydrogens (tertiary/aromatic N) is 4. The molecule has 24 heavy (non-hydrogen) atoms. The summed E-state index contributed by atoms with van der Waals surface area (Å²) in [6.45, 7) is 6.05. The van der Waals surface area contributed by atoms with Crippen molar-refractivity contribution in [3.8, 4) is 0 Å². The van der Waals surface area contributed by atoms with Crippen molar-refractivity contribution in [3.63, 3.8) is 0 Å². The van der Waals surface area contributed by atoms with Crippen LogP contribution in [0.2, 0.25) is 0 Å². The lowest BCUT2D eigenvalue weighted by Crippen LogP contribution is -2.31. The first-order valence-corrected chi connectivity index (χ1v) is 9.56. The number of hydrogen-bond acceptors (Lipinski definition) is 3. The molecule has 2 aromatic rings. The molecule has 1 aliphatic carbocycles. The summed E-state index contributed by atoms with van der Waals surface area (Å²) in [5.41, 5.74) is 1.93. The fraction of sp³-hybridized carbons (Fsp3) is 0.684. The van der Waals surface area contributed by atoms with Crippen molar-refractivity contribution in [1.29, 1.82) is 0 Å². The zero-order valence-electron chi connectivity index (χ0n) is 14.7. The lowest BCUT2D eigenvalue weighted by molar-refractivity contribution is 0.228. The third-order valence-corrected chi connectivity index (χ3v) is 5.89. The van der Waals surface area contributed by atoms with E-state index < -0.39 is 0 Å². The van der Waals surface area contributed by atoms with Gasteiger partial charge in [-0.05, 0) is 44.2 Å². The van der Waals surface area contributed by atoms with Crippen LogP contribution in [0.5, 0.6) is 0 Å². The van der Waals surface area contributed by atoms with E-state index in [0.717, 1.165) is 36.6 Å². The van der Waals surface area contributed by atoms with Gasteiger partial charge in [0.2, 0.25) is 0 Å². The molecule has 1 saturated carbocycles. The smallest absolute Gasteiger partial charge is 0.301 e. The van der Waals surface area contributed by atoms with E-state index in [1.54, 1.807) is 6.20 Å². The Morgan fingerprint density at radius 1 is 1.21 bits per heavy atom. The summed E-state index contributed by atoms with van der Waals surface area (Å²) in [7, 11) is 0. The van der Waals surface area contributed by atoms with E-state index in [4.69, 9.17) is 0 Å². The van der Waals surface area contributed by atoms with Crippen LogP contribution in [0.25, 0.3) is 11.2 Å². The highest BCUT2D eigenvalue weighted by Gasteiger charge is 2.29. The predicted molar refractivity (Wildman–Crippen MR) is 96.3 cm³/mol. The molecule has 0 unspecified atom stereocenters. The van der Waals surface area contributed by atoms with Crippen LogP contribution in [0.3, 0.4) is 0 Å². The SMILES string of the molecule is CCn1c(=O)n([C@@H]2CCN(CC3CCCCC3)C2)c2ncccc21. The molecular formula is C19H28N4O. The van der Waals surface area contributed by atoms with Gasteiger partial charge in [-0.3, -0.25) is 9.13 Å². The average molecular weight is 328 g/mol. The molecule has 5 heteroatoms. The highest BCUT2D eigenvalue weighted by molar-refractivity contribution is 5.71. The number of aromatic nitrogens is 3. The third kappa shape index (κ3) is 2.79. The van der Waals surface area contributed by atoms with Gasteiger partial charge in [-0.2, -0.15) is 0 Å². The molecule has 3 heterocycles. The normalized spacial score (nSPS) is 23.3. The second-order valence-electron chi connectivity index (χ2n) is 7.45. The summed E-state index contributed by atoms with van der Waals surface area (Å²) in [5, 5.41) is 0.